The van der Waals surface area contributed by atoms with E-state index in [1.54, 1.807) is 4.90 Å². The van der Waals surface area contributed by atoms with Crippen LogP contribution in [-0.4, -0.2) is 79.5 Å². The van der Waals surface area contributed by atoms with E-state index >= 15 is 0 Å². The lowest BCUT2D eigenvalue weighted by Gasteiger charge is -2.24. The standard InChI is InChI=1S/C38H75NO6/c1-2-3-4-5-6-7-8-9-10-11-14-17-20-24-31-43-35-36(41)34-39(29-30-40)37(42)27-22-19-16-13-12-15-18-21-25-32-44-38-28-23-26-33-45-38/h36,38,40-41H,2-35H2,1H3. The van der Waals surface area contributed by atoms with E-state index in [4.69, 9.17) is 14.2 Å². The second-order valence-corrected chi connectivity index (χ2v) is 13.5. The van der Waals surface area contributed by atoms with Crippen molar-refractivity contribution in [3.05, 3.63) is 0 Å². The number of unbranched alkanes of at least 4 members (excludes halogenated alkanes) is 21. The number of ether oxygens (including phenoxy) is 3. The van der Waals surface area contributed by atoms with Crippen molar-refractivity contribution in [1.29, 1.82) is 0 Å². The normalized spacial score (nSPS) is 15.8. The second kappa shape index (κ2) is 33.2. The number of aliphatic hydroxyl groups is 2. The van der Waals surface area contributed by atoms with Crippen LogP contribution in [0.25, 0.3) is 0 Å². The number of nitrogens with zero attached hydrogens (tertiary/aromatic N) is 1. The fourth-order valence-electron chi connectivity index (χ4n) is 6.19. The van der Waals surface area contributed by atoms with Crippen LogP contribution in [0.2, 0.25) is 0 Å². The minimum atomic E-state index is -0.709. The Morgan fingerprint density at radius 3 is 1.76 bits per heavy atom. The molecule has 1 aliphatic heterocycles. The molecule has 1 rings (SSSR count). The fourth-order valence-corrected chi connectivity index (χ4v) is 6.19. The highest BCUT2D eigenvalue weighted by atomic mass is 16.7. The van der Waals surface area contributed by atoms with Crippen molar-refractivity contribution in [2.75, 3.05) is 46.1 Å². The average Bonchev–Trinajstić information content (AvgIpc) is 3.05. The van der Waals surface area contributed by atoms with Gasteiger partial charge in [0.1, 0.15) is 0 Å². The third-order valence-corrected chi connectivity index (χ3v) is 9.08. The highest BCUT2D eigenvalue weighted by Gasteiger charge is 2.17. The van der Waals surface area contributed by atoms with Crippen molar-refractivity contribution in [3.8, 4) is 0 Å². The summed E-state index contributed by atoms with van der Waals surface area (Å²) in [5.74, 6) is 0.0240. The fraction of sp³-hybridized carbons (Fsp3) is 0.974. The van der Waals surface area contributed by atoms with Gasteiger partial charge in [0, 0.05) is 39.3 Å². The molecule has 45 heavy (non-hydrogen) atoms. The van der Waals surface area contributed by atoms with Gasteiger partial charge in [0.25, 0.3) is 0 Å². The Morgan fingerprint density at radius 2 is 1.24 bits per heavy atom. The Hall–Kier alpha value is -0.730. The quantitative estimate of drug-likeness (QED) is 0.0682. The molecule has 7 nitrogen and oxygen atoms in total. The number of aliphatic hydroxyl groups excluding tert-OH is 2. The first-order valence-electron chi connectivity index (χ1n) is 19.5. The van der Waals surface area contributed by atoms with Crippen LogP contribution < -0.4 is 0 Å². The summed E-state index contributed by atoms with van der Waals surface area (Å²) >= 11 is 0. The zero-order chi connectivity index (χ0) is 32.5. The van der Waals surface area contributed by atoms with Gasteiger partial charge in [-0.05, 0) is 38.5 Å². The maximum atomic E-state index is 12.7. The van der Waals surface area contributed by atoms with Gasteiger partial charge in [-0.1, -0.05) is 135 Å². The number of amides is 1. The van der Waals surface area contributed by atoms with Crippen molar-refractivity contribution < 1.29 is 29.2 Å². The Kier molecular flexibility index (Phi) is 31.2. The van der Waals surface area contributed by atoms with Gasteiger partial charge < -0.3 is 29.3 Å². The lowest BCUT2D eigenvalue weighted by molar-refractivity contribution is -0.162. The first-order valence-corrected chi connectivity index (χ1v) is 19.5. The molecule has 0 spiro atoms. The molecule has 1 amide bonds. The summed E-state index contributed by atoms with van der Waals surface area (Å²) in [6, 6.07) is 0. The molecule has 1 aliphatic rings. The van der Waals surface area contributed by atoms with E-state index in [1.165, 1.54) is 122 Å². The number of hydrogen-bond acceptors (Lipinski definition) is 6. The van der Waals surface area contributed by atoms with Crippen LogP contribution in [-0.2, 0) is 19.0 Å². The predicted octanol–water partition coefficient (Wildman–Crippen LogP) is 9.11. The van der Waals surface area contributed by atoms with E-state index in [0.717, 1.165) is 58.2 Å². The Bertz CT molecular complexity index is 615. The summed E-state index contributed by atoms with van der Waals surface area (Å²) in [5, 5.41) is 19.8. The van der Waals surface area contributed by atoms with E-state index in [-0.39, 0.29) is 38.5 Å². The van der Waals surface area contributed by atoms with Crippen LogP contribution in [0.5, 0.6) is 0 Å². The SMILES string of the molecule is CCCCCCCCCCCCCCCCOCC(O)CN(CCO)C(=O)CCCCCCCCCCCOC1CCCCO1. The highest BCUT2D eigenvalue weighted by molar-refractivity contribution is 5.76. The number of rotatable bonds is 34. The predicted molar refractivity (Wildman–Crippen MR) is 187 cm³/mol. The van der Waals surface area contributed by atoms with Gasteiger partial charge in [-0.25, -0.2) is 0 Å². The smallest absolute Gasteiger partial charge is 0.222 e. The number of carbonyl (C=O) groups is 1. The minimum Gasteiger partial charge on any atom is -0.395 e. The van der Waals surface area contributed by atoms with Gasteiger partial charge in [-0.3, -0.25) is 4.79 Å². The zero-order valence-electron chi connectivity index (χ0n) is 29.7. The lowest BCUT2D eigenvalue weighted by Crippen LogP contribution is -2.40. The summed E-state index contributed by atoms with van der Waals surface area (Å²) in [5.41, 5.74) is 0. The van der Waals surface area contributed by atoms with Crippen molar-refractivity contribution in [3.63, 3.8) is 0 Å². The molecule has 0 aromatic heterocycles. The highest BCUT2D eigenvalue weighted by Crippen LogP contribution is 2.16. The molecule has 0 aromatic carbocycles. The van der Waals surface area contributed by atoms with Crippen LogP contribution in [0, 0.1) is 0 Å². The summed E-state index contributed by atoms with van der Waals surface area (Å²) in [7, 11) is 0. The van der Waals surface area contributed by atoms with Crippen molar-refractivity contribution in [1.82, 2.24) is 4.90 Å². The molecule has 2 unspecified atom stereocenters. The van der Waals surface area contributed by atoms with Gasteiger partial charge in [-0.2, -0.15) is 0 Å². The molecule has 2 N–H and O–H groups in total. The summed E-state index contributed by atoms with van der Waals surface area (Å²) in [6.07, 6.45) is 32.3. The molecule has 0 aliphatic carbocycles. The van der Waals surface area contributed by atoms with Crippen molar-refractivity contribution in [2.24, 2.45) is 0 Å². The van der Waals surface area contributed by atoms with Crippen LogP contribution in [0.4, 0.5) is 0 Å². The Morgan fingerprint density at radius 1 is 0.733 bits per heavy atom. The molecule has 1 saturated heterocycles. The second-order valence-electron chi connectivity index (χ2n) is 13.5. The lowest BCUT2D eigenvalue weighted by atomic mass is 10.0. The van der Waals surface area contributed by atoms with E-state index in [2.05, 4.69) is 6.92 Å². The monoisotopic (exact) mass is 642 g/mol. The molecule has 0 aromatic rings. The third kappa shape index (κ3) is 28.0. The van der Waals surface area contributed by atoms with Gasteiger partial charge >= 0.3 is 0 Å². The van der Waals surface area contributed by atoms with Gasteiger partial charge in [-0.15, -0.1) is 0 Å². The number of carbonyl (C=O) groups excluding carboxylic acids is 1. The van der Waals surface area contributed by atoms with Crippen LogP contribution in [0.15, 0.2) is 0 Å². The van der Waals surface area contributed by atoms with Crippen molar-refractivity contribution >= 4 is 5.91 Å². The van der Waals surface area contributed by atoms with Gasteiger partial charge in [0.05, 0.1) is 19.3 Å². The minimum absolute atomic E-state index is 0.0240. The first kappa shape index (κ1) is 42.3. The average molecular weight is 642 g/mol. The molecule has 7 heteroatoms. The topological polar surface area (TPSA) is 88.5 Å². The molecular weight excluding hydrogens is 566 g/mol. The van der Waals surface area contributed by atoms with Gasteiger partial charge in [0.15, 0.2) is 6.29 Å². The molecule has 1 fully saturated rings. The molecule has 2 atom stereocenters. The third-order valence-electron chi connectivity index (χ3n) is 9.08. The zero-order valence-corrected chi connectivity index (χ0v) is 29.7. The van der Waals surface area contributed by atoms with Crippen LogP contribution >= 0.6 is 0 Å². The van der Waals surface area contributed by atoms with E-state index in [1.807, 2.05) is 0 Å². The number of hydrogen-bond donors (Lipinski definition) is 2. The van der Waals surface area contributed by atoms with Crippen molar-refractivity contribution in [2.45, 2.75) is 193 Å². The summed E-state index contributed by atoms with van der Waals surface area (Å²) in [4.78, 5) is 14.3. The first-order chi connectivity index (χ1) is 22.2. The molecule has 0 saturated carbocycles. The molecule has 0 radical (unpaired) electrons. The van der Waals surface area contributed by atoms with E-state index < -0.39 is 6.10 Å². The van der Waals surface area contributed by atoms with Crippen LogP contribution in [0.3, 0.4) is 0 Å². The summed E-state index contributed by atoms with van der Waals surface area (Å²) in [6.45, 7) is 5.26. The van der Waals surface area contributed by atoms with Gasteiger partial charge in [0.2, 0.25) is 5.91 Å². The molecule has 1 heterocycles. The molecule has 268 valence electrons. The largest absolute Gasteiger partial charge is 0.395 e. The maximum Gasteiger partial charge on any atom is 0.222 e. The van der Waals surface area contributed by atoms with E-state index in [9.17, 15) is 15.0 Å². The molecular formula is C38H75NO6. The van der Waals surface area contributed by atoms with E-state index in [0.29, 0.717) is 13.0 Å². The molecule has 0 bridgehead atoms. The summed E-state index contributed by atoms with van der Waals surface area (Å²) < 4.78 is 17.1. The Balaban J connectivity index is 1.90. The maximum absolute atomic E-state index is 12.7. The Labute approximate surface area is 278 Å². The van der Waals surface area contributed by atoms with Crippen LogP contribution in [0.1, 0.15) is 180 Å².